The normalized spacial score (nSPS) is 15.0. The molecule has 1 amide bonds. The molecule has 0 N–H and O–H groups in total. The maximum atomic E-state index is 12.8. The first-order valence-corrected chi connectivity index (χ1v) is 12.0. The van der Waals surface area contributed by atoms with Crippen LogP contribution in [-0.4, -0.2) is 51.8 Å². The highest BCUT2D eigenvalue weighted by Gasteiger charge is 2.28. The Bertz CT molecular complexity index is 916. The fourth-order valence-corrected chi connectivity index (χ4v) is 5.10. The van der Waals surface area contributed by atoms with Crippen LogP contribution in [0.3, 0.4) is 0 Å². The number of rotatable bonds is 8. The van der Waals surface area contributed by atoms with E-state index in [2.05, 4.69) is 11.9 Å². The molecule has 0 saturated carbocycles. The summed E-state index contributed by atoms with van der Waals surface area (Å²) in [5.41, 5.74) is 0.668. The maximum Gasteiger partial charge on any atom is 0.309 e. The van der Waals surface area contributed by atoms with Crippen molar-refractivity contribution in [1.82, 2.24) is 14.5 Å². The summed E-state index contributed by atoms with van der Waals surface area (Å²) < 4.78 is 7.45. The number of ether oxygens (including phenoxy) is 1. The molecule has 1 fully saturated rings. The van der Waals surface area contributed by atoms with Gasteiger partial charge in [0.2, 0.25) is 5.91 Å². The third-order valence-corrected chi connectivity index (χ3v) is 6.91. The van der Waals surface area contributed by atoms with E-state index in [1.54, 1.807) is 16.4 Å². The number of likely N-dealkylation sites (tertiary alicyclic amines) is 1. The van der Waals surface area contributed by atoms with Crippen molar-refractivity contribution in [3.8, 4) is 0 Å². The Morgan fingerprint density at radius 3 is 2.76 bits per heavy atom. The van der Waals surface area contributed by atoms with Gasteiger partial charge >= 0.3 is 5.97 Å². The van der Waals surface area contributed by atoms with E-state index in [9.17, 15) is 14.4 Å². The zero-order chi connectivity index (χ0) is 20.8. The van der Waals surface area contributed by atoms with E-state index in [1.165, 1.54) is 23.1 Å². The molecule has 2 aromatic heterocycles. The predicted octanol–water partition coefficient (Wildman–Crippen LogP) is 3.15. The second-order valence-electron chi connectivity index (χ2n) is 7.04. The number of carbonyl (C=O) groups excluding carboxylic acids is 2. The molecule has 3 rings (SSSR count). The summed E-state index contributed by atoms with van der Waals surface area (Å²) in [4.78, 5) is 43.7. The van der Waals surface area contributed by atoms with E-state index in [4.69, 9.17) is 4.74 Å². The van der Waals surface area contributed by atoms with Crippen LogP contribution in [0.2, 0.25) is 0 Å². The molecular weight excluding hydrogens is 410 g/mol. The molecular formula is C20H27N3O4S2. The number of nitrogens with zero attached hydrogens (tertiary/aromatic N) is 3. The van der Waals surface area contributed by atoms with Crippen molar-refractivity contribution >= 4 is 45.2 Å². The number of esters is 1. The van der Waals surface area contributed by atoms with E-state index >= 15 is 0 Å². The number of hydrogen-bond donors (Lipinski definition) is 0. The van der Waals surface area contributed by atoms with Gasteiger partial charge in [0.05, 0.1) is 23.8 Å². The third kappa shape index (κ3) is 5.19. The van der Waals surface area contributed by atoms with Gasteiger partial charge < -0.3 is 9.64 Å². The van der Waals surface area contributed by atoms with Gasteiger partial charge in [0.15, 0.2) is 5.16 Å². The van der Waals surface area contributed by atoms with Gasteiger partial charge in [0.1, 0.15) is 4.70 Å². The molecule has 0 atom stereocenters. The molecule has 9 heteroatoms. The SMILES string of the molecule is CCCCn1c(SCC(=O)N2CCC(C(=O)OCC)CC2)nc2ccsc2c1=O. The summed E-state index contributed by atoms with van der Waals surface area (Å²) >= 11 is 2.73. The highest BCUT2D eigenvalue weighted by atomic mass is 32.2. The van der Waals surface area contributed by atoms with Crippen LogP contribution in [0.25, 0.3) is 10.2 Å². The Balaban J connectivity index is 1.63. The first kappa shape index (κ1) is 21.8. The summed E-state index contributed by atoms with van der Waals surface area (Å²) in [7, 11) is 0. The smallest absolute Gasteiger partial charge is 0.309 e. The van der Waals surface area contributed by atoms with Crippen LogP contribution in [0.1, 0.15) is 39.5 Å². The van der Waals surface area contributed by atoms with Crippen molar-refractivity contribution in [1.29, 1.82) is 0 Å². The van der Waals surface area contributed by atoms with Gasteiger partial charge in [0, 0.05) is 19.6 Å². The van der Waals surface area contributed by atoms with E-state index in [0.717, 1.165) is 12.8 Å². The Morgan fingerprint density at radius 2 is 2.07 bits per heavy atom. The average Bonchev–Trinajstić information content (AvgIpc) is 3.20. The van der Waals surface area contributed by atoms with Crippen molar-refractivity contribution in [2.24, 2.45) is 5.92 Å². The molecule has 1 aliphatic heterocycles. The lowest BCUT2D eigenvalue weighted by molar-refractivity contribution is -0.151. The number of fused-ring (bicyclic) bond motifs is 1. The van der Waals surface area contributed by atoms with Crippen LogP contribution in [0.4, 0.5) is 0 Å². The minimum absolute atomic E-state index is 0.0130. The van der Waals surface area contributed by atoms with Crippen LogP contribution in [0.5, 0.6) is 0 Å². The number of aromatic nitrogens is 2. The molecule has 2 aromatic rings. The van der Waals surface area contributed by atoms with Gasteiger partial charge in [-0.25, -0.2) is 4.98 Å². The van der Waals surface area contributed by atoms with Gasteiger partial charge in [-0.05, 0) is 37.6 Å². The highest BCUT2D eigenvalue weighted by Crippen LogP contribution is 2.23. The van der Waals surface area contributed by atoms with Crippen molar-refractivity contribution in [2.75, 3.05) is 25.4 Å². The Labute approximate surface area is 178 Å². The van der Waals surface area contributed by atoms with Crippen molar-refractivity contribution in [3.63, 3.8) is 0 Å². The third-order valence-electron chi connectivity index (χ3n) is 5.06. The lowest BCUT2D eigenvalue weighted by Gasteiger charge is -2.30. The lowest BCUT2D eigenvalue weighted by Crippen LogP contribution is -2.41. The Hall–Kier alpha value is -1.87. The minimum atomic E-state index is -0.165. The zero-order valence-electron chi connectivity index (χ0n) is 16.9. The summed E-state index contributed by atoms with van der Waals surface area (Å²) in [6.45, 7) is 5.99. The van der Waals surface area contributed by atoms with Gasteiger partial charge in [-0.3, -0.25) is 19.0 Å². The molecule has 1 saturated heterocycles. The number of piperidine rings is 1. The summed E-state index contributed by atoms with van der Waals surface area (Å²) in [6.07, 6.45) is 3.14. The number of unbranched alkanes of at least 4 members (excludes halogenated alkanes) is 1. The Morgan fingerprint density at radius 1 is 1.31 bits per heavy atom. The number of thioether (sulfide) groups is 1. The van der Waals surface area contributed by atoms with Gasteiger partial charge in [0.25, 0.3) is 5.56 Å². The van der Waals surface area contributed by atoms with Crippen molar-refractivity contribution in [2.45, 2.75) is 51.2 Å². The average molecular weight is 438 g/mol. The quantitative estimate of drug-likeness (QED) is 0.358. The number of amides is 1. The highest BCUT2D eigenvalue weighted by molar-refractivity contribution is 7.99. The molecule has 0 radical (unpaired) electrons. The molecule has 29 heavy (non-hydrogen) atoms. The van der Waals surface area contributed by atoms with E-state index < -0.39 is 0 Å². The van der Waals surface area contributed by atoms with Crippen molar-refractivity contribution < 1.29 is 14.3 Å². The van der Waals surface area contributed by atoms with Gasteiger partial charge in [-0.15, -0.1) is 11.3 Å². The van der Waals surface area contributed by atoms with Crippen LogP contribution in [0.15, 0.2) is 21.4 Å². The first-order chi connectivity index (χ1) is 14.0. The summed E-state index contributed by atoms with van der Waals surface area (Å²) in [5.74, 6) is -0.0344. The second kappa shape index (κ2) is 10.2. The molecule has 3 heterocycles. The lowest BCUT2D eigenvalue weighted by atomic mass is 9.97. The molecule has 0 bridgehead atoms. The van der Waals surface area contributed by atoms with Gasteiger partial charge in [-0.1, -0.05) is 25.1 Å². The van der Waals surface area contributed by atoms with E-state index in [-0.39, 0.29) is 29.1 Å². The summed E-state index contributed by atoms with van der Waals surface area (Å²) in [5, 5.41) is 2.47. The van der Waals surface area contributed by atoms with Crippen LogP contribution in [-0.2, 0) is 20.9 Å². The predicted molar refractivity (Wildman–Crippen MR) is 115 cm³/mol. The zero-order valence-corrected chi connectivity index (χ0v) is 18.5. The van der Waals surface area contributed by atoms with Crippen molar-refractivity contribution in [3.05, 3.63) is 21.8 Å². The maximum absolute atomic E-state index is 12.8. The molecule has 1 aliphatic rings. The van der Waals surface area contributed by atoms with Crippen LogP contribution < -0.4 is 5.56 Å². The number of hydrogen-bond acceptors (Lipinski definition) is 7. The molecule has 0 unspecified atom stereocenters. The molecule has 0 aliphatic carbocycles. The fraction of sp³-hybridized carbons (Fsp3) is 0.600. The number of carbonyl (C=O) groups is 2. The Kier molecular flexibility index (Phi) is 7.71. The first-order valence-electron chi connectivity index (χ1n) is 10.1. The van der Waals surface area contributed by atoms with E-state index in [1.807, 2.05) is 11.4 Å². The van der Waals surface area contributed by atoms with Crippen LogP contribution in [0, 0.1) is 5.92 Å². The van der Waals surface area contributed by atoms with Gasteiger partial charge in [-0.2, -0.15) is 0 Å². The topological polar surface area (TPSA) is 81.5 Å². The van der Waals surface area contributed by atoms with Crippen LogP contribution >= 0.6 is 23.1 Å². The summed E-state index contributed by atoms with van der Waals surface area (Å²) in [6, 6.07) is 1.84. The fourth-order valence-electron chi connectivity index (χ4n) is 3.39. The van der Waals surface area contributed by atoms with E-state index in [0.29, 0.717) is 54.5 Å². The molecule has 0 spiro atoms. The minimum Gasteiger partial charge on any atom is -0.466 e. The molecule has 7 nitrogen and oxygen atoms in total. The standard InChI is InChI=1S/C20H27N3O4S2/c1-3-5-9-23-18(25)17-15(8-12-28-17)21-20(23)29-13-16(24)22-10-6-14(7-11-22)19(26)27-4-2/h8,12,14H,3-7,9-11,13H2,1-2H3. The second-order valence-corrected chi connectivity index (χ2v) is 8.89. The molecule has 158 valence electrons. The number of thiophene rings is 1. The molecule has 0 aromatic carbocycles. The monoisotopic (exact) mass is 437 g/mol. The largest absolute Gasteiger partial charge is 0.466 e.